The van der Waals surface area contributed by atoms with Gasteiger partial charge in [-0.2, -0.15) is 0 Å². The van der Waals surface area contributed by atoms with E-state index < -0.39 is 10.0 Å². The first kappa shape index (κ1) is 20.4. The summed E-state index contributed by atoms with van der Waals surface area (Å²) in [5.74, 6) is 0.0274. The molecule has 0 bridgehead atoms. The first-order valence-electron chi connectivity index (χ1n) is 8.65. The van der Waals surface area contributed by atoms with Gasteiger partial charge in [-0.3, -0.25) is 0 Å². The van der Waals surface area contributed by atoms with E-state index in [9.17, 15) is 12.8 Å². The molecule has 0 aliphatic carbocycles. The molecule has 1 aromatic heterocycles. The summed E-state index contributed by atoms with van der Waals surface area (Å²) in [6, 6.07) is 9.47. The third-order valence-electron chi connectivity index (χ3n) is 4.39. The minimum absolute atomic E-state index is 0.128. The highest BCUT2D eigenvalue weighted by atomic mass is 32.2. The van der Waals surface area contributed by atoms with Crippen LogP contribution in [-0.2, 0) is 16.4 Å². The van der Waals surface area contributed by atoms with Crippen LogP contribution in [-0.4, -0.2) is 27.1 Å². The van der Waals surface area contributed by atoms with E-state index in [2.05, 4.69) is 9.71 Å². The van der Waals surface area contributed by atoms with Crippen molar-refractivity contribution in [3.05, 3.63) is 64.4 Å². The predicted molar refractivity (Wildman–Crippen MR) is 109 cm³/mol. The van der Waals surface area contributed by atoms with Gasteiger partial charge in [0.25, 0.3) is 0 Å². The maximum absolute atomic E-state index is 13.0. The number of sulfonamides is 1. The van der Waals surface area contributed by atoms with Gasteiger partial charge in [0, 0.05) is 23.9 Å². The summed E-state index contributed by atoms with van der Waals surface area (Å²) in [6.45, 7) is 3.98. The molecule has 0 spiro atoms. The fraction of sp³-hybridized carbons (Fsp3) is 0.250. The Morgan fingerprint density at radius 3 is 2.50 bits per heavy atom. The summed E-state index contributed by atoms with van der Waals surface area (Å²) in [5, 5.41) is 2.65. The Bertz CT molecular complexity index is 1080. The molecule has 0 saturated carbocycles. The smallest absolute Gasteiger partial charge is 0.244 e. The van der Waals surface area contributed by atoms with E-state index in [-0.39, 0.29) is 17.3 Å². The number of hydrogen-bond acceptors (Lipinski definition) is 5. The Hall–Kier alpha value is -2.29. The van der Waals surface area contributed by atoms with E-state index in [0.717, 1.165) is 27.4 Å². The molecule has 0 fully saturated rings. The van der Waals surface area contributed by atoms with Crippen molar-refractivity contribution in [2.24, 2.45) is 0 Å². The summed E-state index contributed by atoms with van der Waals surface area (Å²) < 4.78 is 46.2. The molecule has 3 rings (SSSR count). The lowest BCUT2D eigenvalue weighted by Crippen LogP contribution is -2.26. The molecule has 0 unspecified atom stereocenters. The molecule has 0 saturated heterocycles. The SMILES string of the molecule is COc1cc(C)c(C)cc1S(=O)(=O)NCCc1csc(-c2ccc(F)cc2)n1. The molecular formula is C20H21FN2O3S2. The molecule has 28 heavy (non-hydrogen) atoms. The lowest BCUT2D eigenvalue weighted by atomic mass is 10.1. The van der Waals surface area contributed by atoms with Gasteiger partial charge >= 0.3 is 0 Å². The number of aryl methyl sites for hydroxylation is 2. The van der Waals surface area contributed by atoms with E-state index in [1.54, 1.807) is 24.3 Å². The molecule has 8 heteroatoms. The minimum Gasteiger partial charge on any atom is -0.495 e. The average Bonchev–Trinajstić information content (AvgIpc) is 3.12. The van der Waals surface area contributed by atoms with Crippen molar-refractivity contribution in [1.82, 2.24) is 9.71 Å². The lowest BCUT2D eigenvalue weighted by Gasteiger charge is -2.13. The zero-order valence-electron chi connectivity index (χ0n) is 15.8. The van der Waals surface area contributed by atoms with Crippen molar-refractivity contribution < 1.29 is 17.5 Å². The van der Waals surface area contributed by atoms with Gasteiger partial charge < -0.3 is 4.74 Å². The average molecular weight is 421 g/mol. The molecule has 2 aromatic carbocycles. The maximum atomic E-state index is 13.0. The van der Waals surface area contributed by atoms with Crippen LogP contribution in [0.25, 0.3) is 10.6 Å². The normalized spacial score (nSPS) is 11.6. The third-order valence-corrected chi connectivity index (χ3v) is 6.81. The van der Waals surface area contributed by atoms with Gasteiger partial charge in [-0.25, -0.2) is 22.5 Å². The van der Waals surface area contributed by atoms with Crippen LogP contribution in [0, 0.1) is 19.7 Å². The highest BCUT2D eigenvalue weighted by Gasteiger charge is 2.20. The van der Waals surface area contributed by atoms with Crippen molar-refractivity contribution >= 4 is 21.4 Å². The van der Waals surface area contributed by atoms with E-state index in [1.165, 1.54) is 30.6 Å². The lowest BCUT2D eigenvalue weighted by molar-refractivity contribution is 0.402. The quantitative estimate of drug-likeness (QED) is 0.625. The van der Waals surface area contributed by atoms with Crippen molar-refractivity contribution in [2.75, 3.05) is 13.7 Å². The number of aromatic nitrogens is 1. The van der Waals surface area contributed by atoms with Crippen LogP contribution >= 0.6 is 11.3 Å². The van der Waals surface area contributed by atoms with Crippen molar-refractivity contribution in [1.29, 1.82) is 0 Å². The number of nitrogens with zero attached hydrogens (tertiary/aromatic N) is 1. The van der Waals surface area contributed by atoms with Crippen LogP contribution in [0.15, 0.2) is 46.7 Å². The molecule has 0 atom stereocenters. The summed E-state index contributed by atoms with van der Waals surface area (Å²) in [6.07, 6.45) is 0.448. The van der Waals surface area contributed by atoms with Crippen molar-refractivity contribution in [3.63, 3.8) is 0 Å². The third kappa shape index (κ3) is 4.57. The summed E-state index contributed by atoms with van der Waals surface area (Å²) in [4.78, 5) is 4.63. The van der Waals surface area contributed by atoms with Gasteiger partial charge in [0.1, 0.15) is 21.5 Å². The monoisotopic (exact) mass is 420 g/mol. The topological polar surface area (TPSA) is 68.3 Å². The van der Waals surface area contributed by atoms with E-state index >= 15 is 0 Å². The zero-order chi connectivity index (χ0) is 20.3. The molecule has 0 radical (unpaired) electrons. The summed E-state index contributed by atoms with van der Waals surface area (Å²) >= 11 is 1.44. The second kappa shape index (κ2) is 8.38. The Labute approximate surface area is 168 Å². The van der Waals surface area contributed by atoms with Crippen LogP contribution in [0.3, 0.4) is 0 Å². The Balaban J connectivity index is 1.68. The standard InChI is InChI=1S/C20H21FN2O3S2/c1-13-10-18(26-3)19(11-14(13)2)28(24,25)22-9-8-17-12-27-20(23-17)15-4-6-16(21)7-5-15/h4-7,10-12,22H,8-9H2,1-3H3. The van der Waals surface area contributed by atoms with Crippen LogP contribution in [0.4, 0.5) is 4.39 Å². The fourth-order valence-corrected chi connectivity index (χ4v) is 4.80. The molecule has 1 heterocycles. The van der Waals surface area contributed by atoms with Crippen LogP contribution in [0.5, 0.6) is 5.75 Å². The predicted octanol–water partition coefficient (Wildman–Crippen LogP) is 4.10. The zero-order valence-corrected chi connectivity index (χ0v) is 17.5. The van der Waals surface area contributed by atoms with E-state index in [4.69, 9.17) is 4.74 Å². The van der Waals surface area contributed by atoms with Gasteiger partial charge in [-0.15, -0.1) is 11.3 Å². The van der Waals surface area contributed by atoms with Gasteiger partial charge in [0.05, 0.1) is 12.8 Å². The Morgan fingerprint density at radius 2 is 1.82 bits per heavy atom. The molecule has 1 N–H and O–H groups in total. The number of hydrogen-bond donors (Lipinski definition) is 1. The van der Waals surface area contributed by atoms with Gasteiger partial charge in [0.15, 0.2) is 0 Å². The molecule has 148 valence electrons. The second-order valence-electron chi connectivity index (χ2n) is 6.39. The molecule has 0 aliphatic heterocycles. The number of halogens is 1. The second-order valence-corrected chi connectivity index (χ2v) is 8.98. The maximum Gasteiger partial charge on any atom is 0.244 e. The first-order valence-corrected chi connectivity index (χ1v) is 11.0. The molecule has 0 aliphatic rings. The number of nitrogens with one attached hydrogen (secondary N) is 1. The fourth-order valence-electron chi connectivity index (χ4n) is 2.67. The number of rotatable bonds is 7. The summed E-state index contributed by atoms with van der Waals surface area (Å²) in [7, 11) is -2.25. The molecule has 5 nitrogen and oxygen atoms in total. The van der Waals surface area contributed by atoms with Crippen LogP contribution in [0.1, 0.15) is 16.8 Å². The minimum atomic E-state index is -3.70. The van der Waals surface area contributed by atoms with Crippen LogP contribution in [0.2, 0.25) is 0 Å². The van der Waals surface area contributed by atoms with E-state index in [1.807, 2.05) is 19.2 Å². The highest BCUT2D eigenvalue weighted by molar-refractivity contribution is 7.89. The molecule has 3 aromatic rings. The first-order chi connectivity index (χ1) is 13.3. The summed E-state index contributed by atoms with van der Waals surface area (Å²) in [5.41, 5.74) is 3.45. The number of ether oxygens (including phenoxy) is 1. The van der Waals surface area contributed by atoms with Crippen molar-refractivity contribution in [3.8, 4) is 16.3 Å². The largest absolute Gasteiger partial charge is 0.495 e. The molecule has 0 amide bonds. The number of benzene rings is 2. The molecular weight excluding hydrogens is 399 g/mol. The Kier molecular flexibility index (Phi) is 6.12. The van der Waals surface area contributed by atoms with Crippen LogP contribution < -0.4 is 9.46 Å². The van der Waals surface area contributed by atoms with Crippen molar-refractivity contribution in [2.45, 2.75) is 25.2 Å². The number of methoxy groups -OCH3 is 1. The van der Waals surface area contributed by atoms with Gasteiger partial charge in [-0.1, -0.05) is 0 Å². The number of thiazole rings is 1. The Morgan fingerprint density at radius 1 is 1.14 bits per heavy atom. The van der Waals surface area contributed by atoms with Gasteiger partial charge in [0.2, 0.25) is 10.0 Å². The van der Waals surface area contributed by atoms with Gasteiger partial charge in [-0.05, 0) is 61.4 Å². The highest BCUT2D eigenvalue weighted by Crippen LogP contribution is 2.27. The van der Waals surface area contributed by atoms with E-state index in [0.29, 0.717) is 12.2 Å².